The molecule has 0 amide bonds. The maximum atomic E-state index is 12.3. The fourth-order valence-corrected chi connectivity index (χ4v) is 4.88. The third kappa shape index (κ3) is 2.99. The smallest absolute Gasteiger partial charge is 0.214 e. The Morgan fingerprint density at radius 3 is 2.82 bits per heavy atom. The van der Waals surface area contributed by atoms with E-state index in [0.717, 1.165) is 32.4 Å². The predicted molar refractivity (Wildman–Crippen MR) is 66.4 cm³/mol. The second kappa shape index (κ2) is 5.65. The van der Waals surface area contributed by atoms with Crippen molar-refractivity contribution >= 4 is 10.0 Å². The lowest BCUT2D eigenvalue weighted by Gasteiger charge is -2.26. The number of hydrogen-bond donors (Lipinski definition) is 1. The lowest BCUT2D eigenvalue weighted by molar-refractivity contribution is 0.199. The largest absolute Gasteiger partial charge is 0.385 e. The van der Waals surface area contributed by atoms with Crippen molar-refractivity contribution < 1.29 is 13.2 Å². The standard InChI is InChI=1S/C11H22N2O3S/c1-16-7-2-8-17(14,15)13-10-3-4-11(13)9-12-6-5-10/h10-12H,2-9H2,1H3. The van der Waals surface area contributed by atoms with Gasteiger partial charge in [-0.3, -0.25) is 0 Å². The van der Waals surface area contributed by atoms with Crippen LogP contribution in [-0.4, -0.2) is 57.4 Å². The first kappa shape index (κ1) is 13.3. The maximum absolute atomic E-state index is 12.3. The molecule has 0 aromatic carbocycles. The van der Waals surface area contributed by atoms with Gasteiger partial charge in [-0.25, -0.2) is 8.42 Å². The van der Waals surface area contributed by atoms with Crippen LogP contribution in [0.1, 0.15) is 25.7 Å². The van der Waals surface area contributed by atoms with Gasteiger partial charge in [0.2, 0.25) is 10.0 Å². The van der Waals surface area contributed by atoms with Gasteiger partial charge >= 0.3 is 0 Å². The summed E-state index contributed by atoms with van der Waals surface area (Å²) in [6.07, 6.45) is 3.55. The molecule has 100 valence electrons. The van der Waals surface area contributed by atoms with Gasteiger partial charge in [0.05, 0.1) is 5.75 Å². The highest BCUT2D eigenvalue weighted by molar-refractivity contribution is 7.89. The molecule has 2 aliphatic heterocycles. The molecule has 0 saturated carbocycles. The normalized spacial score (nSPS) is 30.4. The lowest BCUT2D eigenvalue weighted by atomic mass is 10.1. The second-order valence-corrected chi connectivity index (χ2v) is 6.86. The molecule has 0 radical (unpaired) electrons. The van der Waals surface area contributed by atoms with Crippen LogP contribution in [0.5, 0.6) is 0 Å². The molecule has 0 spiro atoms. The topological polar surface area (TPSA) is 58.6 Å². The zero-order chi connectivity index (χ0) is 12.3. The van der Waals surface area contributed by atoms with E-state index in [2.05, 4.69) is 5.32 Å². The van der Waals surface area contributed by atoms with Crippen LogP contribution in [0, 0.1) is 0 Å². The molecule has 2 unspecified atom stereocenters. The van der Waals surface area contributed by atoms with Crippen LogP contribution < -0.4 is 5.32 Å². The SMILES string of the molecule is COCCCS(=O)(=O)N1C2CCNCC1CC2. The minimum Gasteiger partial charge on any atom is -0.385 e. The van der Waals surface area contributed by atoms with E-state index in [1.54, 1.807) is 11.4 Å². The van der Waals surface area contributed by atoms with Gasteiger partial charge in [0.1, 0.15) is 0 Å². The van der Waals surface area contributed by atoms with Crippen molar-refractivity contribution in [3.8, 4) is 0 Å². The molecular formula is C11H22N2O3S. The summed E-state index contributed by atoms with van der Waals surface area (Å²) in [5.74, 6) is 0.216. The van der Waals surface area contributed by atoms with Gasteiger partial charge in [-0.15, -0.1) is 0 Å². The van der Waals surface area contributed by atoms with Crippen molar-refractivity contribution in [2.45, 2.75) is 37.8 Å². The summed E-state index contributed by atoms with van der Waals surface area (Å²) in [6, 6.07) is 0.401. The van der Waals surface area contributed by atoms with Gasteiger partial charge in [-0.1, -0.05) is 0 Å². The molecule has 6 heteroatoms. The number of rotatable bonds is 5. The fourth-order valence-electron chi connectivity index (χ4n) is 2.88. The highest BCUT2D eigenvalue weighted by Crippen LogP contribution is 2.31. The number of nitrogens with one attached hydrogen (secondary N) is 1. The minimum absolute atomic E-state index is 0.176. The third-order valence-corrected chi connectivity index (χ3v) is 5.70. The molecule has 2 saturated heterocycles. The Bertz CT molecular complexity index is 331. The summed E-state index contributed by atoms with van der Waals surface area (Å²) in [4.78, 5) is 0. The molecular weight excluding hydrogens is 240 g/mol. The molecule has 0 aliphatic carbocycles. The summed E-state index contributed by atoms with van der Waals surface area (Å²) < 4.78 is 31.3. The molecule has 5 nitrogen and oxygen atoms in total. The summed E-state index contributed by atoms with van der Waals surface area (Å²) in [6.45, 7) is 2.26. The first-order valence-electron chi connectivity index (χ1n) is 6.36. The van der Waals surface area contributed by atoms with Gasteiger partial charge in [0.15, 0.2) is 0 Å². The average Bonchev–Trinajstić information content (AvgIpc) is 2.53. The quantitative estimate of drug-likeness (QED) is 0.718. The van der Waals surface area contributed by atoms with Gasteiger partial charge in [0.25, 0.3) is 0 Å². The van der Waals surface area contributed by atoms with E-state index in [9.17, 15) is 8.42 Å². The zero-order valence-electron chi connectivity index (χ0n) is 10.4. The summed E-state index contributed by atoms with van der Waals surface area (Å²) in [5, 5.41) is 3.32. The van der Waals surface area contributed by atoms with Crippen LogP contribution in [0.2, 0.25) is 0 Å². The molecule has 2 rings (SSSR count). The van der Waals surface area contributed by atoms with E-state index in [0.29, 0.717) is 13.0 Å². The van der Waals surface area contributed by atoms with E-state index in [1.807, 2.05) is 0 Å². The van der Waals surface area contributed by atoms with Crippen LogP contribution in [0.25, 0.3) is 0 Å². The summed E-state index contributed by atoms with van der Waals surface area (Å²) >= 11 is 0. The number of nitrogens with zero attached hydrogens (tertiary/aromatic N) is 1. The second-order valence-electron chi connectivity index (χ2n) is 4.87. The van der Waals surface area contributed by atoms with Gasteiger partial charge in [-0.05, 0) is 32.2 Å². The van der Waals surface area contributed by atoms with E-state index in [1.165, 1.54) is 0 Å². The summed E-state index contributed by atoms with van der Waals surface area (Å²) in [5.41, 5.74) is 0. The van der Waals surface area contributed by atoms with Crippen molar-refractivity contribution in [3.05, 3.63) is 0 Å². The lowest BCUT2D eigenvalue weighted by Crippen LogP contribution is -2.43. The molecule has 0 aromatic heterocycles. The number of hydrogen-bond acceptors (Lipinski definition) is 4. The third-order valence-electron chi connectivity index (χ3n) is 3.66. The highest BCUT2D eigenvalue weighted by Gasteiger charge is 2.41. The molecule has 2 fully saturated rings. The van der Waals surface area contributed by atoms with E-state index in [4.69, 9.17) is 4.74 Å². The molecule has 2 bridgehead atoms. The van der Waals surface area contributed by atoms with Gasteiger partial charge < -0.3 is 10.1 Å². The Balaban J connectivity index is 2.04. The van der Waals surface area contributed by atoms with E-state index < -0.39 is 10.0 Å². The van der Waals surface area contributed by atoms with Crippen LogP contribution in [0.3, 0.4) is 0 Å². The molecule has 0 aromatic rings. The number of ether oxygens (including phenoxy) is 1. The first-order valence-corrected chi connectivity index (χ1v) is 7.97. The molecule has 2 atom stereocenters. The molecule has 17 heavy (non-hydrogen) atoms. The van der Waals surface area contributed by atoms with Crippen molar-refractivity contribution in [2.75, 3.05) is 32.6 Å². The highest BCUT2D eigenvalue weighted by atomic mass is 32.2. The summed E-state index contributed by atoms with van der Waals surface area (Å²) in [7, 11) is -1.50. The Morgan fingerprint density at radius 2 is 2.06 bits per heavy atom. The molecule has 2 aliphatic rings. The monoisotopic (exact) mass is 262 g/mol. The van der Waals surface area contributed by atoms with Crippen molar-refractivity contribution in [1.82, 2.24) is 9.62 Å². The average molecular weight is 262 g/mol. The first-order chi connectivity index (χ1) is 8.15. The Kier molecular flexibility index (Phi) is 4.41. The number of fused-ring (bicyclic) bond motifs is 2. The van der Waals surface area contributed by atoms with E-state index in [-0.39, 0.29) is 17.8 Å². The van der Waals surface area contributed by atoms with Crippen LogP contribution >= 0.6 is 0 Å². The fraction of sp³-hybridized carbons (Fsp3) is 1.00. The maximum Gasteiger partial charge on any atom is 0.214 e. The van der Waals surface area contributed by atoms with Crippen molar-refractivity contribution in [2.24, 2.45) is 0 Å². The Hall–Kier alpha value is -0.170. The molecule has 2 heterocycles. The van der Waals surface area contributed by atoms with Crippen molar-refractivity contribution in [3.63, 3.8) is 0 Å². The predicted octanol–water partition coefficient (Wildman–Crippen LogP) is 0.179. The molecule has 1 N–H and O–H groups in total. The van der Waals surface area contributed by atoms with E-state index >= 15 is 0 Å². The van der Waals surface area contributed by atoms with Crippen molar-refractivity contribution in [1.29, 1.82) is 0 Å². The number of methoxy groups -OCH3 is 1. The van der Waals surface area contributed by atoms with Gasteiger partial charge in [0, 0.05) is 32.3 Å². The zero-order valence-corrected chi connectivity index (χ0v) is 11.2. The van der Waals surface area contributed by atoms with Crippen LogP contribution in [-0.2, 0) is 14.8 Å². The minimum atomic E-state index is -3.10. The number of sulfonamides is 1. The Morgan fingerprint density at radius 1 is 1.29 bits per heavy atom. The van der Waals surface area contributed by atoms with Crippen LogP contribution in [0.4, 0.5) is 0 Å². The Labute approximate surface area is 104 Å². The van der Waals surface area contributed by atoms with Crippen LogP contribution in [0.15, 0.2) is 0 Å². The van der Waals surface area contributed by atoms with Gasteiger partial charge in [-0.2, -0.15) is 4.31 Å².